The third-order valence-corrected chi connectivity index (χ3v) is 5.18. The van der Waals surface area contributed by atoms with E-state index in [1.807, 2.05) is 24.3 Å². The van der Waals surface area contributed by atoms with E-state index in [1.165, 1.54) is 22.1 Å². The third-order valence-electron chi connectivity index (χ3n) is 4.80. The maximum atomic E-state index is 12.4. The van der Waals surface area contributed by atoms with Crippen LogP contribution in [0.3, 0.4) is 0 Å². The van der Waals surface area contributed by atoms with Gasteiger partial charge in [0.1, 0.15) is 5.56 Å². The Kier molecular flexibility index (Phi) is 5.01. The van der Waals surface area contributed by atoms with Gasteiger partial charge in [-0.05, 0) is 29.3 Å². The van der Waals surface area contributed by atoms with Gasteiger partial charge in [0.2, 0.25) is 11.8 Å². The zero-order chi connectivity index (χ0) is 19.9. The Labute approximate surface area is 162 Å². The van der Waals surface area contributed by atoms with Crippen molar-refractivity contribution in [3.63, 3.8) is 0 Å². The van der Waals surface area contributed by atoms with Crippen LogP contribution >= 0.6 is 12.2 Å². The summed E-state index contributed by atoms with van der Waals surface area (Å²) in [5.74, 6) is -0.0873. The molecule has 0 saturated heterocycles. The number of nitrogens with zero attached hydrogens (tertiary/aromatic N) is 3. The highest BCUT2D eigenvalue weighted by Crippen LogP contribution is 2.34. The van der Waals surface area contributed by atoms with Crippen molar-refractivity contribution in [1.29, 1.82) is 0 Å². The van der Waals surface area contributed by atoms with E-state index in [0.717, 1.165) is 5.56 Å². The molecule has 1 aliphatic rings. The first-order valence-electron chi connectivity index (χ1n) is 8.70. The Morgan fingerprint density at radius 2 is 1.96 bits per heavy atom. The number of aromatic hydroxyl groups is 1. The number of carbonyl (C=O) groups is 1. The van der Waals surface area contributed by atoms with Gasteiger partial charge in [0.25, 0.3) is 5.56 Å². The van der Waals surface area contributed by atoms with E-state index in [-0.39, 0.29) is 28.2 Å². The van der Waals surface area contributed by atoms with Crippen LogP contribution in [0.5, 0.6) is 5.88 Å². The van der Waals surface area contributed by atoms with Crippen LogP contribution < -0.4 is 5.56 Å². The number of hydrazone groups is 1. The van der Waals surface area contributed by atoms with Crippen molar-refractivity contribution in [2.24, 2.45) is 12.1 Å². The van der Waals surface area contributed by atoms with Crippen molar-refractivity contribution in [2.75, 3.05) is 0 Å². The lowest BCUT2D eigenvalue weighted by Crippen LogP contribution is -2.24. The zero-order valence-corrected chi connectivity index (χ0v) is 16.5. The zero-order valence-electron chi connectivity index (χ0n) is 15.7. The van der Waals surface area contributed by atoms with E-state index in [2.05, 4.69) is 23.9 Å². The lowest BCUT2D eigenvalue weighted by atomic mass is 9.96. The summed E-state index contributed by atoms with van der Waals surface area (Å²) in [6.07, 6.45) is 0.327. The number of hydrogen-bond acceptors (Lipinski definition) is 5. The number of aromatic amines is 1. The number of nitrogens with one attached hydrogen (secondary N) is 1. The van der Waals surface area contributed by atoms with Gasteiger partial charge in [-0.2, -0.15) is 5.10 Å². The summed E-state index contributed by atoms with van der Waals surface area (Å²) in [7, 11) is 1.55. The second kappa shape index (κ2) is 7.11. The standard InChI is InChI=1S/C19H22N4O3S/c1-10(2)12-5-7-13(8-6-12)15-9-14(21-23(15)11(3)24)16-17(25)20-19(27)22(4)18(16)26/h5-8,10,15,26H,9H2,1-4H3,(H,20,25,27)/t15-/m0/s1. The van der Waals surface area contributed by atoms with E-state index in [0.29, 0.717) is 18.1 Å². The van der Waals surface area contributed by atoms with Crippen molar-refractivity contribution in [1.82, 2.24) is 14.6 Å². The highest BCUT2D eigenvalue weighted by atomic mass is 32.1. The largest absolute Gasteiger partial charge is 0.494 e. The van der Waals surface area contributed by atoms with E-state index in [1.54, 1.807) is 7.05 Å². The lowest BCUT2D eigenvalue weighted by Gasteiger charge is -2.21. The van der Waals surface area contributed by atoms with Crippen LogP contribution in [0.25, 0.3) is 0 Å². The topological polar surface area (TPSA) is 90.7 Å². The number of hydrogen-bond donors (Lipinski definition) is 2. The van der Waals surface area contributed by atoms with E-state index >= 15 is 0 Å². The number of aromatic nitrogens is 2. The molecule has 0 fully saturated rings. The molecule has 27 heavy (non-hydrogen) atoms. The van der Waals surface area contributed by atoms with Gasteiger partial charge in [-0.15, -0.1) is 0 Å². The number of benzene rings is 1. The molecule has 8 heteroatoms. The SMILES string of the molecule is CC(=O)N1N=C(c2c(O)n(C)c(=S)[nH]c2=O)C[C@H]1c1ccc(C(C)C)cc1. The summed E-state index contributed by atoms with van der Waals surface area (Å²) >= 11 is 5.00. The van der Waals surface area contributed by atoms with Crippen LogP contribution in [0.1, 0.15) is 55.8 Å². The fraction of sp³-hybridized carbons (Fsp3) is 0.368. The first-order chi connectivity index (χ1) is 12.7. The number of carbonyl (C=O) groups excluding carboxylic acids is 1. The Morgan fingerprint density at radius 3 is 2.52 bits per heavy atom. The molecule has 1 aromatic carbocycles. The molecular formula is C19H22N4O3S. The molecular weight excluding hydrogens is 364 g/mol. The number of amides is 1. The molecule has 2 heterocycles. The number of H-pyrrole nitrogens is 1. The fourth-order valence-electron chi connectivity index (χ4n) is 3.18. The maximum Gasteiger partial charge on any atom is 0.264 e. The predicted molar refractivity (Wildman–Crippen MR) is 105 cm³/mol. The van der Waals surface area contributed by atoms with Crippen molar-refractivity contribution < 1.29 is 9.90 Å². The Hall–Kier alpha value is -2.74. The molecule has 2 aromatic rings. The second-order valence-electron chi connectivity index (χ2n) is 6.97. The summed E-state index contributed by atoms with van der Waals surface area (Å²) in [5, 5.41) is 16.1. The maximum absolute atomic E-state index is 12.4. The second-order valence-corrected chi connectivity index (χ2v) is 7.36. The molecule has 2 N–H and O–H groups in total. The highest BCUT2D eigenvalue weighted by molar-refractivity contribution is 7.71. The molecule has 0 saturated carbocycles. The average molecular weight is 386 g/mol. The van der Waals surface area contributed by atoms with Gasteiger partial charge in [0, 0.05) is 20.4 Å². The Balaban J connectivity index is 2.03. The van der Waals surface area contributed by atoms with Crippen molar-refractivity contribution in [3.8, 4) is 5.88 Å². The van der Waals surface area contributed by atoms with Gasteiger partial charge in [0.15, 0.2) is 4.77 Å². The van der Waals surface area contributed by atoms with Gasteiger partial charge in [-0.25, -0.2) is 5.01 Å². The normalized spacial score (nSPS) is 16.7. The summed E-state index contributed by atoms with van der Waals surface area (Å²) in [4.78, 5) is 27.0. The summed E-state index contributed by atoms with van der Waals surface area (Å²) < 4.78 is 1.42. The van der Waals surface area contributed by atoms with E-state index < -0.39 is 5.56 Å². The molecule has 0 radical (unpaired) electrons. The van der Waals surface area contributed by atoms with E-state index in [4.69, 9.17) is 12.2 Å². The molecule has 3 rings (SSSR count). The number of rotatable bonds is 3. The van der Waals surface area contributed by atoms with Crippen LogP contribution in [0.2, 0.25) is 0 Å². The van der Waals surface area contributed by atoms with Gasteiger partial charge < -0.3 is 5.11 Å². The first kappa shape index (κ1) is 19.0. The average Bonchev–Trinajstić information content (AvgIpc) is 3.05. The Morgan fingerprint density at radius 1 is 1.33 bits per heavy atom. The van der Waals surface area contributed by atoms with Crippen LogP contribution in [-0.4, -0.2) is 31.3 Å². The van der Waals surface area contributed by atoms with Crippen LogP contribution in [-0.2, 0) is 11.8 Å². The van der Waals surface area contributed by atoms with Gasteiger partial charge >= 0.3 is 0 Å². The first-order valence-corrected chi connectivity index (χ1v) is 9.11. The van der Waals surface area contributed by atoms with E-state index in [9.17, 15) is 14.7 Å². The molecule has 1 aromatic heterocycles. The van der Waals surface area contributed by atoms with Crippen molar-refractivity contribution >= 4 is 23.8 Å². The summed E-state index contributed by atoms with van der Waals surface area (Å²) in [6.45, 7) is 5.66. The van der Waals surface area contributed by atoms with Gasteiger partial charge in [-0.1, -0.05) is 38.1 Å². The molecule has 0 aliphatic carbocycles. The molecule has 142 valence electrons. The molecule has 7 nitrogen and oxygen atoms in total. The molecule has 1 aliphatic heterocycles. The lowest BCUT2D eigenvalue weighted by molar-refractivity contribution is -0.130. The molecule has 0 unspecified atom stereocenters. The molecule has 1 amide bonds. The minimum absolute atomic E-state index is 0.0404. The fourth-order valence-corrected chi connectivity index (χ4v) is 3.36. The smallest absolute Gasteiger partial charge is 0.264 e. The van der Waals surface area contributed by atoms with Crippen molar-refractivity contribution in [2.45, 2.75) is 39.2 Å². The van der Waals surface area contributed by atoms with Crippen LogP contribution in [0, 0.1) is 4.77 Å². The highest BCUT2D eigenvalue weighted by Gasteiger charge is 2.34. The minimum atomic E-state index is -0.520. The summed E-state index contributed by atoms with van der Waals surface area (Å²) in [6, 6.07) is 7.69. The van der Waals surface area contributed by atoms with Crippen LogP contribution in [0.4, 0.5) is 0 Å². The van der Waals surface area contributed by atoms with Gasteiger partial charge in [-0.3, -0.25) is 19.1 Å². The van der Waals surface area contributed by atoms with Crippen LogP contribution in [0.15, 0.2) is 34.2 Å². The monoisotopic (exact) mass is 386 g/mol. The quantitative estimate of drug-likeness (QED) is 0.794. The molecule has 0 bridgehead atoms. The van der Waals surface area contributed by atoms with Gasteiger partial charge in [0.05, 0.1) is 11.8 Å². The molecule has 1 atom stereocenters. The Bertz CT molecular complexity index is 1030. The summed E-state index contributed by atoms with van der Waals surface area (Å²) in [5.41, 5.74) is 2.00. The minimum Gasteiger partial charge on any atom is -0.494 e. The predicted octanol–water partition coefficient (Wildman–Crippen LogP) is 2.97. The van der Waals surface area contributed by atoms with Crippen molar-refractivity contribution in [3.05, 3.63) is 56.1 Å². The third kappa shape index (κ3) is 3.44. The molecule has 0 spiro atoms.